The van der Waals surface area contributed by atoms with Crippen molar-refractivity contribution in [2.75, 3.05) is 40.9 Å². The van der Waals surface area contributed by atoms with Gasteiger partial charge in [0.2, 0.25) is 5.91 Å². The van der Waals surface area contributed by atoms with Crippen molar-refractivity contribution in [1.82, 2.24) is 5.32 Å². The van der Waals surface area contributed by atoms with Gasteiger partial charge in [-0.3, -0.25) is 13.8 Å². The van der Waals surface area contributed by atoms with E-state index in [-0.39, 0.29) is 19.1 Å². The molecule has 0 radical (unpaired) electrons. The molecule has 8 nitrogen and oxygen atoms in total. The van der Waals surface area contributed by atoms with E-state index in [2.05, 4.69) is 31.3 Å². The van der Waals surface area contributed by atoms with Gasteiger partial charge in [0, 0.05) is 6.42 Å². The molecule has 0 spiro atoms. The standard InChI is InChI=1S/C75H149N2O6P/c1-6-8-10-12-14-16-18-20-22-24-26-28-30-32-33-34-35-36-37-38-39-40-41-42-43-45-47-49-51-53-55-57-59-61-63-65-67-69-75(79)76-73(72-83-84(80,81)82-71-70-77(3,4)5)74(78)68-66-64-62-60-58-56-54-52-50-48-46-44-31-29-27-25-23-21-19-17-15-13-11-9-7-2/h24,26,66,68,73-74,78H,6-23,25,27-65,67,69-72H2,1-5H3,(H-,76,79,80,81)/p+1/b26-24-,68-66+. The highest BCUT2D eigenvalue weighted by Gasteiger charge is 2.28. The van der Waals surface area contributed by atoms with Gasteiger partial charge < -0.3 is 19.8 Å². The molecule has 3 atom stereocenters. The third-order valence-corrected chi connectivity index (χ3v) is 18.6. The van der Waals surface area contributed by atoms with Crippen molar-refractivity contribution in [3.8, 4) is 0 Å². The molecule has 0 fully saturated rings. The number of quaternary nitrogens is 1. The van der Waals surface area contributed by atoms with Gasteiger partial charge in [0.1, 0.15) is 13.2 Å². The summed E-state index contributed by atoms with van der Waals surface area (Å²) in [6, 6.07) is -0.845. The Morgan fingerprint density at radius 2 is 0.643 bits per heavy atom. The molecule has 0 aromatic carbocycles. The number of carbonyl (C=O) groups is 1. The summed E-state index contributed by atoms with van der Waals surface area (Å²) in [5.41, 5.74) is 0. The van der Waals surface area contributed by atoms with Crippen molar-refractivity contribution in [1.29, 1.82) is 0 Å². The first kappa shape index (κ1) is 83.0. The molecule has 0 heterocycles. The van der Waals surface area contributed by atoms with E-state index in [1.54, 1.807) is 6.08 Å². The first-order valence-corrected chi connectivity index (χ1v) is 39.2. The number of unbranched alkanes of at least 4 members (excludes halogenated alkanes) is 56. The van der Waals surface area contributed by atoms with Gasteiger partial charge in [-0.1, -0.05) is 372 Å². The second-order valence-electron chi connectivity index (χ2n) is 27.4. The molecule has 0 aliphatic heterocycles. The van der Waals surface area contributed by atoms with Crippen LogP contribution in [0.5, 0.6) is 0 Å². The number of amides is 1. The molecule has 0 rings (SSSR count). The van der Waals surface area contributed by atoms with E-state index >= 15 is 0 Å². The number of phosphoric acid groups is 1. The smallest absolute Gasteiger partial charge is 0.387 e. The lowest BCUT2D eigenvalue weighted by Gasteiger charge is -2.25. The Labute approximate surface area is 525 Å². The fraction of sp³-hybridized carbons (Fsp3) is 0.933. The van der Waals surface area contributed by atoms with Gasteiger partial charge in [0.25, 0.3) is 0 Å². The summed E-state index contributed by atoms with van der Waals surface area (Å²) >= 11 is 0. The van der Waals surface area contributed by atoms with Crippen molar-refractivity contribution < 1.29 is 32.9 Å². The van der Waals surface area contributed by atoms with Crippen molar-refractivity contribution in [3.63, 3.8) is 0 Å². The van der Waals surface area contributed by atoms with Gasteiger partial charge in [-0.25, -0.2) is 4.57 Å². The molecule has 0 aliphatic rings. The molecule has 0 saturated heterocycles. The molecule has 84 heavy (non-hydrogen) atoms. The number of aliphatic hydroxyl groups is 1. The average molecular weight is 1210 g/mol. The number of allylic oxidation sites excluding steroid dienone is 3. The molecule has 0 aromatic heterocycles. The van der Waals surface area contributed by atoms with Crippen molar-refractivity contribution in [2.24, 2.45) is 0 Å². The molecule has 500 valence electrons. The van der Waals surface area contributed by atoms with Gasteiger partial charge in [-0.2, -0.15) is 0 Å². The fourth-order valence-corrected chi connectivity index (χ4v) is 12.5. The van der Waals surface area contributed by atoms with E-state index < -0.39 is 20.0 Å². The van der Waals surface area contributed by atoms with Crippen molar-refractivity contribution in [2.45, 2.75) is 411 Å². The van der Waals surface area contributed by atoms with Crippen molar-refractivity contribution in [3.05, 3.63) is 24.3 Å². The lowest BCUT2D eigenvalue weighted by molar-refractivity contribution is -0.870. The molecule has 0 saturated carbocycles. The van der Waals surface area contributed by atoms with E-state index in [4.69, 9.17) is 9.05 Å². The van der Waals surface area contributed by atoms with Crippen LogP contribution in [0.25, 0.3) is 0 Å². The van der Waals surface area contributed by atoms with Gasteiger partial charge in [-0.15, -0.1) is 0 Å². The van der Waals surface area contributed by atoms with E-state index in [0.29, 0.717) is 17.4 Å². The maximum absolute atomic E-state index is 13.1. The Morgan fingerprint density at radius 1 is 0.393 bits per heavy atom. The predicted molar refractivity (Wildman–Crippen MR) is 369 cm³/mol. The van der Waals surface area contributed by atoms with Crippen LogP contribution in [-0.4, -0.2) is 73.4 Å². The zero-order valence-electron chi connectivity index (χ0n) is 57.4. The van der Waals surface area contributed by atoms with Crippen LogP contribution in [0.4, 0.5) is 0 Å². The minimum atomic E-state index is -4.35. The maximum atomic E-state index is 13.1. The number of nitrogens with one attached hydrogen (secondary N) is 1. The van der Waals surface area contributed by atoms with Gasteiger partial charge in [-0.05, 0) is 44.9 Å². The number of aliphatic hydroxyl groups excluding tert-OH is 1. The fourth-order valence-electron chi connectivity index (χ4n) is 11.8. The Morgan fingerprint density at radius 3 is 0.917 bits per heavy atom. The Balaban J connectivity index is 3.94. The number of likely N-dealkylation sites (N-methyl/N-ethyl adjacent to an activating group) is 1. The van der Waals surface area contributed by atoms with E-state index in [0.717, 1.165) is 32.1 Å². The quantitative estimate of drug-likeness (QED) is 0.0243. The third kappa shape index (κ3) is 68.5. The molecular formula is C75H150N2O6P+. The van der Waals surface area contributed by atoms with E-state index in [1.807, 2.05) is 27.2 Å². The summed E-state index contributed by atoms with van der Waals surface area (Å²) in [6.07, 6.45) is 87.8. The molecule has 3 unspecified atom stereocenters. The largest absolute Gasteiger partial charge is 0.472 e. The lowest BCUT2D eigenvalue weighted by atomic mass is 10.0. The number of rotatable bonds is 71. The Bertz CT molecular complexity index is 1420. The summed E-state index contributed by atoms with van der Waals surface area (Å²) in [5.74, 6) is -0.167. The molecule has 3 N–H and O–H groups in total. The first-order valence-electron chi connectivity index (χ1n) is 37.7. The monoisotopic (exact) mass is 1210 g/mol. The van der Waals surface area contributed by atoms with Crippen LogP contribution in [0.1, 0.15) is 399 Å². The molecule has 0 bridgehead atoms. The van der Waals surface area contributed by atoms with Crippen LogP contribution in [0, 0.1) is 0 Å². The number of phosphoric ester groups is 1. The zero-order chi connectivity index (χ0) is 61.2. The molecule has 0 aromatic rings. The molecule has 1 amide bonds. The predicted octanol–water partition coefficient (Wildman–Crippen LogP) is 24.2. The van der Waals surface area contributed by atoms with E-state index in [9.17, 15) is 19.4 Å². The lowest BCUT2D eigenvalue weighted by Crippen LogP contribution is -2.45. The third-order valence-electron chi connectivity index (χ3n) is 17.7. The summed E-state index contributed by atoms with van der Waals surface area (Å²) in [5, 5.41) is 14.0. The normalized spacial score (nSPS) is 13.7. The second-order valence-corrected chi connectivity index (χ2v) is 28.8. The Hall–Kier alpha value is -1.02. The first-order chi connectivity index (χ1) is 41.0. The topological polar surface area (TPSA) is 105 Å². The minimum Gasteiger partial charge on any atom is -0.387 e. The summed E-state index contributed by atoms with van der Waals surface area (Å²) < 4.78 is 23.9. The summed E-state index contributed by atoms with van der Waals surface area (Å²) in [4.78, 5) is 23.5. The summed E-state index contributed by atoms with van der Waals surface area (Å²) in [7, 11) is 1.60. The highest BCUT2D eigenvalue weighted by molar-refractivity contribution is 7.47. The number of hydrogen-bond acceptors (Lipinski definition) is 5. The molecule has 9 heteroatoms. The number of hydrogen-bond donors (Lipinski definition) is 3. The Kier molecular flexibility index (Phi) is 65.6. The van der Waals surface area contributed by atoms with Gasteiger partial charge in [0.15, 0.2) is 0 Å². The second kappa shape index (κ2) is 66.4. The van der Waals surface area contributed by atoms with E-state index in [1.165, 1.54) is 347 Å². The van der Waals surface area contributed by atoms with Crippen molar-refractivity contribution >= 4 is 13.7 Å². The van der Waals surface area contributed by atoms with Crippen LogP contribution in [-0.2, 0) is 18.4 Å². The van der Waals surface area contributed by atoms with Crippen LogP contribution >= 0.6 is 7.82 Å². The van der Waals surface area contributed by atoms with Crippen LogP contribution in [0.15, 0.2) is 24.3 Å². The highest BCUT2D eigenvalue weighted by atomic mass is 31.2. The number of carbonyl (C=O) groups excluding carboxylic acids is 1. The summed E-state index contributed by atoms with van der Waals surface area (Å²) in [6.45, 7) is 4.88. The zero-order valence-corrected chi connectivity index (χ0v) is 58.3. The SMILES string of the molecule is CCCCCCCCCC/C=C\CCCCCCCCCCCCCCCCCCCCCCCCCCCC(=O)NC(COP(=O)(O)OCC[N+](C)(C)C)C(O)/C=C/CCCCCCCCCCCCCCCCCCCCCCCCC. The minimum absolute atomic E-state index is 0.0648. The van der Waals surface area contributed by atoms with Crippen LogP contribution in [0.3, 0.4) is 0 Å². The maximum Gasteiger partial charge on any atom is 0.472 e. The number of nitrogens with zero attached hydrogens (tertiary/aromatic N) is 1. The highest BCUT2D eigenvalue weighted by Crippen LogP contribution is 2.43. The molecule has 0 aliphatic carbocycles. The van der Waals surface area contributed by atoms with Gasteiger partial charge in [0.05, 0.1) is 39.9 Å². The molecular weight excluding hydrogens is 1060 g/mol. The van der Waals surface area contributed by atoms with Gasteiger partial charge >= 0.3 is 7.82 Å². The van der Waals surface area contributed by atoms with Crippen LogP contribution in [0.2, 0.25) is 0 Å². The van der Waals surface area contributed by atoms with Crippen LogP contribution < -0.4 is 5.32 Å². The average Bonchev–Trinajstić information content (AvgIpc) is 3.56.